The number of carboxylic acids is 1. The second-order valence-electron chi connectivity index (χ2n) is 6.24. The summed E-state index contributed by atoms with van der Waals surface area (Å²) < 4.78 is 0. The molecule has 4 rings (SSSR count). The van der Waals surface area contributed by atoms with Crippen LogP contribution in [0.5, 0.6) is 0 Å². The minimum atomic E-state index is -0.890. The predicted molar refractivity (Wildman–Crippen MR) is 85.7 cm³/mol. The van der Waals surface area contributed by atoms with Gasteiger partial charge in [0, 0.05) is 5.39 Å². The van der Waals surface area contributed by atoms with Crippen LogP contribution in [0.2, 0.25) is 0 Å². The van der Waals surface area contributed by atoms with Gasteiger partial charge in [-0.3, -0.25) is 14.6 Å². The van der Waals surface area contributed by atoms with E-state index >= 15 is 0 Å². The Morgan fingerprint density at radius 3 is 2.65 bits per heavy atom. The van der Waals surface area contributed by atoms with Gasteiger partial charge in [0.15, 0.2) is 0 Å². The van der Waals surface area contributed by atoms with Crippen LogP contribution in [0.15, 0.2) is 48.7 Å². The Bertz CT molecular complexity index is 830. The minimum Gasteiger partial charge on any atom is -0.481 e. The third-order valence-electron chi connectivity index (χ3n) is 4.91. The van der Waals surface area contributed by atoms with Crippen molar-refractivity contribution < 1.29 is 14.7 Å². The Balaban J connectivity index is 1.59. The summed E-state index contributed by atoms with van der Waals surface area (Å²) in [6.07, 6.45) is 6.28. The average Bonchev–Trinajstić information content (AvgIpc) is 3.15. The number of aromatic nitrogens is 1. The summed E-state index contributed by atoms with van der Waals surface area (Å²) in [5, 5.41) is 13.2. The lowest BCUT2D eigenvalue weighted by molar-refractivity contribution is -0.146. The molecule has 1 fully saturated rings. The molecule has 0 spiro atoms. The summed E-state index contributed by atoms with van der Waals surface area (Å²) in [5.41, 5.74) is 1.46. The molecule has 1 saturated carbocycles. The number of benzene rings is 1. The number of carboxylic acid groups (broad SMARTS) is 1. The molecule has 0 aliphatic heterocycles. The molecule has 2 aliphatic rings. The molecular formula is C18H16N2O3. The Morgan fingerprint density at radius 1 is 1.13 bits per heavy atom. The van der Waals surface area contributed by atoms with Gasteiger partial charge in [-0.2, -0.15) is 0 Å². The summed E-state index contributed by atoms with van der Waals surface area (Å²) in [6.45, 7) is 0. The van der Waals surface area contributed by atoms with Crippen molar-refractivity contribution in [1.29, 1.82) is 0 Å². The van der Waals surface area contributed by atoms with Crippen LogP contribution in [0.3, 0.4) is 0 Å². The van der Waals surface area contributed by atoms with Crippen molar-refractivity contribution in [3.63, 3.8) is 0 Å². The SMILES string of the molecule is O=C(O)[C@@H]1[C@@H](C(=O)Nc2cnc3ccccc3c2)[C@H]2C=C[C@H]1C2. The second-order valence-corrected chi connectivity index (χ2v) is 6.24. The first kappa shape index (κ1) is 13.9. The third-order valence-corrected chi connectivity index (χ3v) is 4.91. The quantitative estimate of drug-likeness (QED) is 0.854. The maximum absolute atomic E-state index is 12.6. The molecule has 2 aromatic rings. The fraction of sp³-hybridized carbons (Fsp3) is 0.278. The maximum Gasteiger partial charge on any atom is 0.307 e. The molecule has 1 aromatic carbocycles. The van der Waals surface area contributed by atoms with Gasteiger partial charge in [0.05, 0.1) is 29.2 Å². The van der Waals surface area contributed by atoms with Crippen LogP contribution in [0.1, 0.15) is 6.42 Å². The van der Waals surface area contributed by atoms with E-state index in [1.165, 1.54) is 0 Å². The molecule has 1 aromatic heterocycles. The summed E-state index contributed by atoms with van der Waals surface area (Å²) in [5.74, 6) is -2.25. The molecule has 1 heterocycles. The Kier molecular flexibility index (Phi) is 3.15. The van der Waals surface area contributed by atoms with E-state index in [9.17, 15) is 14.7 Å². The van der Waals surface area contributed by atoms with Gasteiger partial charge in [-0.1, -0.05) is 30.4 Å². The first-order chi connectivity index (χ1) is 11.1. The van der Waals surface area contributed by atoms with E-state index < -0.39 is 17.8 Å². The molecular weight excluding hydrogens is 292 g/mol. The van der Waals surface area contributed by atoms with Crippen LogP contribution in [-0.4, -0.2) is 22.0 Å². The van der Waals surface area contributed by atoms with E-state index in [1.54, 1.807) is 6.20 Å². The number of hydrogen-bond acceptors (Lipinski definition) is 3. The number of pyridine rings is 1. The van der Waals surface area contributed by atoms with Crippen LogP contribution < -0.4 is 5.32 Å². The zero-order chi connectivity index (χ0) is 16.0. The zero-order valence-electron chi connectivity index (χ0n) is 12.3. The lowest BCUT2D eigenvalue weighted by atomic mass is 9.82. The molecule has 0 unspecified atom stereocenters. The van der Waals surface area contributed by atoms with Crippen molar-refractivity contribution in [3.05, 3.63) is 48.7 Å². The molecule has 2 bridgehead atoms. The van der Waals surface area contributed by atoms with Crippen LogP contribution >= 0.6 is 0 Å². The summed E-state index contributed by atoms with van der Waals surface area (Å²) in [6, 6.07) is 9.52. The van der Waals surface area contributed by atoms with Crippen molar-refractivity contribution in [2.24, 2.45) is 23.7 Å². The van der Waals surface area contributed by atoms with Gasteiger partial charge in [0.1, 0.15) is 0 Å². The Morgan fingerprint density at radius 2 is 1.87 bits per heavy atom. The smallest absolute Gasteiger partial charge is 0.307 e. The minimum absolute atomic E-state index is 0.0227. The average molecular weight is 308 g/mol. The Labute approximate surface area is 133 Å². The van der Waals surface area contributed by atoms with Gasteiger partial charge >= 0.3 is 5.97 Å². The van der Waals surface area contributed by atoms with Gasteiger partial charge in [-0.25, -0.2) is 0 Å². The zero-order valence-corrected chi connectivity index (χ0v) is 12.3. The number of rotatable bonds is 3. The number of hydrogen-bond donors (Lipinski definition) is 2. The maximum atomic E-state index is 12.6. The van der Waals surface area contributed by atoms with Crippen LogP contribution in [-0.2, 0) is 9.59 Å². The number of allylic oxidation sites excluding steroid dienone is 2. The molecule has 2 aliphatic carbocycles. The highest BCUT2D eigenvalue weighted by molar-refractivity contribution is 5.97. The van der Waals surface area contributed by atoms with Crippen molar-refractivity contribution >= 4 is 28.5 Å². The number of aliphatic carboxylic acids is 1. The number of nitrogens with one attached hydrogen (secondary N) is 1. The van der Waals surface area contributed by atoms with Crippen molar-refractivity contribution in [2.75, 3.05) is 5.32 Å². The van der Waals surface area contributed by atoms with Crippen molar-refractivity contribution in [2.45, 2.75) is 6.42 Å². The van der Waals surface area contributed by atoms with Crippen LogP contribution in [0, 0.1) is 23.7 Å². The molecule has 0 radical (unpaired) electrons. The normalized spacial score (nSPS) is 28.2. The number of carbonyl (C=O) groups excluding carboxylic acids is 1. The highest BCUT2D eigenvalue weighted by atomic mass is 16.4. The van der Waals surface area contributed by atoms with E-state index in [0.717, 1.165) is 17.3 Å². The van der Waals surface area contributed by atoms with Crippen molar-refractivity contribution in [1.82, 2.24) is 4.98 Å². The van der Waals surface area contributed by atoms with Gasteiger partial charge in [-0.05, 0) is 30.4 Å². The molecule has 23 heavy (non-hydrogen) atoms. The molecule has 2 N–H and O–H groups in total. The monoisotopic (exact) mass is 308 g/mol. The van der Waals surface area contributed by atoms with E-state index in [2.05, 4.69) is 10.3 Å². The van der Waals surface area contributed by atoms with Crippen LogP contribution in [0.25, 0.3) is 10.9 Å². The highest BCUT2D eigenvalue weighted by Crippen LogP contribution is 2.48. The fourth-order valence-electron chi connectivity index (χ4n) is 3.88. The summed E-state index contributed by atoms with van der Waals surface area (Å²) >= 11 is 0. The number of carbonyl (C=O) groups is 2. The largest absolute Gasteiger partial charge is 0.481 e. The topological polar surface area (TPSA) is 79.3 Å². The summed E-state index contributed by atoms with van der Waals surface area (Å²) in [7, 11) is 0. The van der Waals surface area contributed by atoms with Crippen LogP contribution in [0.4, 0.5) is 5.69 Å². The first-order valence-electron chi connectivity index (χ1n) is 7.70. The van der Waals surface area contributed by atoms with E-state index in [1.807, 2.05) is 42.5 Å². The number of anilines is 1. The van der Waals surface area contributed by atoms with Gasteiger partial charge in [-0.15, -0.1) is 0 Å². The number of para-hydroxylation sites is 1. The highest BCUT2D eigenvalue weighted by Gasteiger charge is 2.51. The molecule has 1 amide bonds. The number of amides is 1. The molecule has 5 heteroatoms. The lowest BCUT2D eigenvalue weighted by Gasteiger charge is -2.23. The predicted octanol–water partition coefficient (Wildman–Crippen LogP) is 2.70. The van der Waals surface area contributed by atoms with Gasteiger partial charge in [0.25, 0.3) is 0 Å². The number of nitrogens with zero attached hydrogens (tertiary/aromatic N) is 1. The van der Waals surface area contributed by atoms with Gasteiger partial charge in [0.2, 0.25) is 5.91 Å². The van der Waals surface area contributed by atoms with Gasteiger partial charge < -0.3 is 10.4 Å². The van der Waals surface area contributed by atoms with Crippen molar-refractivity contribution in [3.8, 4) is 0 Å². The fourth-order valence-corrected chi connectivity index (χ4v) is 3.88. The first-order valence-corrected chi connectivity index (χ1v) is 7.70. The van der Waals surface area contributed by atoms with E-state index in [0.29, 0.717) is 5.69 Å². The molecule has 116 valence electrons. The second kappa shape index (κ2) is 5.19. The molecule has 4 atom stereocenters. The molecule has 5 nitrogen and oxygen atoms in total. The van der Waals surface area contributed by atoms with E-state index in [-0.39, 0.29) is 17.7 Å². The number of fused-ring (bicyclic) bond motifs is 3. The lowest BCUT2D eigenvalue weighted by Crippen LogP contribution is -2.36. The standard InChI is InChI=1S/C18H16N2O3/c21-17(15-11-5-6-12(7-11)16(15)18(22)23)20-13-8-10-3-1-2-4-14(10)19-9-13/h1-6,8-9,11-12,15-16H,7H2,(H,20,21)(H,22,23)/t11-,12-,15-,16-/m0/s1. The summed E-state index contributed by atoms with van der Waals surface area (Å²) in [4.78, 5) is 28.4. The Hall–Kier alpha value is -2.69. The van der Waals surface area contributed by atoms with E-state index in [4.69, 9.17) is 0 Å². The molecule has 0 saturated heterocycles. The third kappa shape index (κ3) is 2.29.